The first-order valence-corrected chi connectivity index (χ1v) is 7.57. The fraction of sp³-hybridized carbons (Fsp3) is 0.533. The predicted octanol–water partition coefficient (Wildman–Crippen LogP) is 1.86. The van der Waals surface area contributed by atoms with Crippen molar-refractivity contribution in [2.45, 2.75) is 12.3 Å². The molecule has 0 N–H and O–H groups in total. The Bertz CT molecular complexity index is 557. The normalized spacial score (nSPS) is 43.8. The Labute approximate surface area is 121 Å². The minimum absolute atomic E-state index is 0.183. The van der Waals surface area contributed by atoms with Gasteiger partial charge in [0.2, 0.25) is 0 Å². The Kier molecular flexibility index (Phi) is 2.34. The molecule has 4 fully saturated rings. The van der Waals surface area contributed by atoms with E-state index in [1.54, 1.807) is 0 Å². The summed E-state index contributed by atoms with van der Waals surface area (Å²) in [5.41, 5.74) is 0.678. The molecular weight excluding hydrogens is 304 g/mol. The van der Waals surface area contributed by atoms with Crippen LogP contribution >= 0.6 is 15.9 Å². The van der Waals surface area contributed by atoms with Crippen LogP contribution < -0.4 is 0 Å². The molecule has 3 nitrogen and oxygen atoms in total. The summed E-state index contributed by atoms with van der Waals surface area (Å²) in [7, 11) is 0. The van der Waals surface area contributed by atoms with Gasteiger partial charge in [-0.25, -0.2) is 0 Å². The maximum atomic E-state index is 13.1. The van der Waals surface area contributed by atoms with Crippen LogP contribution in [0.25, 0.3) is 0 Å². The van der Waals surface area contributed by atoms with E-state index in [1.165, 1.54) is 5.56 Å². The maximum Gasteiger partial charge on any atom is 0.154 e. The summed E-state index contributed by atoms with van der Waals surface area (Å²) in [6.07, 6.45) is 0. The molecule has 19 heavy (non-hydrogen) atoms. The predicted molar refractivity (Wildman–Crippen MR) is 76.9 cm³/mol. The van der Waals surface area contributed by atoms with E-state index < -0.39 is 0 Å². The van der Waals surface area contributed by atoms with Gasteiger partial charge in [0.1, 0.15) is 0 Å². The Morgan fingerprint density at radius 2 is 1.84 bits per heavy atom. The van der Waals surface area contributed by atoms with Crippen LogP contribution in [0, 0.1) is 5.41 Å². The van der Waals surface area contributed by atoms with E-state index in [9.17, 15) is 4.79 Å². The number of benzene rings is 1. The van der Waals surface area contributed by atoms with Gasteiger partial charge in [-0.1, -0.05) is 35.0 Å². The van der Waals surface area contributed by atoms with Crippen molar-refractivity contribution in [2.75, 3.05) is 32.8 Å². The second-order valence-corrected chi connectivity index (χ2v) is 7.51. The van der Waals surface area contributed by atoms with Gasteiger partial charge < -0.3 is 0 Å². The Morgan fingerprint density at radius 1 is 1.16 bits per heavy atom. The third-order valence-electron chi connectivity index (χ3n) is 4.89. The Hall–Kier alpha value is -0.710. The zero-order valence-electron chi connectivity index (χ0n) is 11.0. The molecule has 2 atom stereocenters. The smallest absolute Gasteiger partial charge is 0.154 e. The number of carbonyl (C=O) groups excluding carboxylic acids is 1. The summed E-state index contributed by atoms with van der Waals surface area (Å²) in [6.45, 7) is 6.79. The molecule has 2 unspecified atom stereocenters. The van der Waals surface area contributed by atoms with Gasteiger partial charge in [0, 0.05) is 30.7 Å². The highest BCUT2D eigenvalue weighted by Gasteiger charge is 2.61. The Balaban J connectivity index is 1.87. The summed E-state index contributed by atoms with van der Waals surface area (Å²) in [5.74, 6) is 0.449. The van der Waals surface area contributed by atoms with Gasteiger partial charge in [-0.05, 0) is 17.7 Å². The fourth-order valence-corrected chi connectivity index (χ4v) is 4.81. The molecule has 4 aliphatic heterocycles. The van der Waals surface area contributed by atoms with Crippen LogP contribution in [0.5, 0.6) is 0 Å². The van der Waals surface area contributed by atoms with E-state index in [2.05, 4.69) is 44.8 Å². The maximum absolute atomic E-state index is 13.1. The summed E-state index contributed by atoms with van der Waals surface area (Å²) in [5, 5.41) is 0. The van der Waals surface area contributed by atoms with Crippen LogP contribution in [0.1, 0.15) is 12.5 Å². The highest BCUT2D eigenvalue weighted by atomic mass is 79.9. The molecule has 4 aliphatic rings. The molecule has 0 saturated carbocycles. The number of rotatable bonds is 1. The van der Waals surface area contributed by atoms with Crippen molar-refractivity contribution in [3.05, 3.63) is 34.3 Å². The molecule has 0 radical (unpaired) electrons. The topological polar surface area (TPSA) is 23.6 Å². The van der Waals surface area contributed by atoms with Crippen molar-refractivity contribution < 1.29 is 4.79 Å². The van der Waals surface area contributed by atoms with Crippen LogP contribution in [0.4, 0.5) is 0 Å². The molecule has 4 bridgehead atoms. The van der Waals surface area contributed by atoms with Crippen molar-refractivity contribution in [1.82, 2.24) is 9.80 Å². The molecule has 4 heteroatoms. The minimum atomic E-state index is -0.312. The lowest BCUT2D eigenvalue weighted by Gasteiger charge is -2.62. The van der Waals surface area contributed by atoms with Gasteiger partial charge >= 0.3 is 0 Å². The number of nitrogens with zero attached hydrogens (tertiary/aromatic N) is 2. The zero-order chi connectivity index (χ0) is 13.3. The first-order chi connectivity index (χ1) is 9.02. The number of halogens is 1. The summed E-state index contributed by atoms with van der Waals surface area (Å²) < 4.78 is 1.06. The van der Waals surface area contributed by atoms with Gasteiger partial charge in [-0.2, -0.15) is 0 Å². The second-order valence-electron chi connectivity index (χ2n) is 6.60. The molecular formula is C15H17BrN2O. The fourth-order valence-electron chi connectivity index (χ4n) is 4.41. The molecule has 0 aromatic heterocycles. The Morgan fingerprint density at radius 3 is 2.47 bits per heavy atom. The van der Waals surface area contributed by atoms with E-state index in [0.29, 0.717) is 5.78 Å². The first kappa shape index (κ1) is 12.1. The molecule has 1 aromatic rings. The second kappa shape index (κ2) is 3.68. The summed E-state index contributed by atoms with van der Waals surface area (Å²) >= 11 is 3.54. The van der Waals surface area contributed by atoms with Gasteiger partial charge in [0.25, 0.3) is 0 Å². The third kappa shape index (κ3) is 1.54. The number of piperidine rings is 2. The molecule has 5 rings (SSSR count). The number of ketones is 1. The van der Waals surface area contributed by atoms with E-state index >= 15 is 0 Å². The average molecular weight is 321 g/mol. The lowest BCUT2D eigenvalue weighted by Crippen LogP contribution is -2.77. The highest BCUT2D eigenvalue weighted by molar-refractivity contribution is 9.10. The van der Waals surface area contributed by atoms with E-state index in [-0.39, 0.29) is 10.8 Å². The number of carbonyl (C=O) groups is 1. The molecule has 4 heterocycles. The molecule has 0 aliphatic carbocycles. The van der Waals surface area contributed by atoms with Crippen LogP contribution in [-0.4, -0.2) is 48.4 Å². The van der Waals surface area contributed by atoms with Gasteiger partial charge in [0.15, 0.2) is 5.78 Å². The molecule has 0 amide bonds. The number of Topliss-reactive ketones (excluding diaryl/α,β-unsaturated/α-hetero) is 1. The number of hydrogen-bond donors (Lipinski definition) is 0. The van der Waals surface area contributed by atoms with Crippen molar-refractivity contribution in [2.24, 2.45) is 5.41 Å². The molecule has 4 saturated heterocycles. The van der Waals surface area contributed by atoms with Crippen molar-refractivity contribution in [3.63, 3.8) is 0 Å². The minimum Gasteiger partial charge on any atom is -0.298 e. The van der Waals surface area contributed by atoms with Gasteiger partial charge in [-0.15, -0.1) is 0 Å². The molecule has 1 aromatic carbocycles. The monoisotopic (exact) mass is 320 g/mol. The largest absolute Gasteiger partial charge is 0.298 e. The van der Waals surface area contributed by atoms with E-state index in [0.717, 1.165) is 37.3 Å². The van der Waals surface area contributed by atoms with E-state index in [1.807, 2.05) is 12.1 Å². The average Bonchev–Trinajstić information content (AvgIpc) is 2.34. The van der Waals surface area contributed by atoms with Crippen LogP contribution in [0.2, 0.25) is 0 Å². The van der Waals surface area contributed by atoms with E-state index in [4.69, 9.17) is 0 Å². The van der Waals surface area contributed by atoms with Crippen LogP contribution in [0.15, 0.2) is 28.7 Å². The highest BCUT2D eigenvalue weighted by Crippen LogP contribution is 2.47. The van der Waals surface area contributed by atoms with Crippen LogP contribution in [-0.2, 0) is 10.2 Å². The first-order valence-electron chi connectivity index (χ1n) is 6.78. The van der Waals surface area contributed by atoms with Crippen molar-refractivity contribution in [3.8, 4) is 0 Å². The third-order valence-corrected chi connectivity index (χ3v) is 5.39. The quantitative estimate of drug-likeness (QED) is 0.789. The van der Waals surface area contributed by atoms with Gasteiger partial charge in [-0.3, -0.25) is 14.6 Å². The molecule has 0 spiro atoms. The zero-order valence-corrected chi connectivity index (χ0v) is 12.6. The standard InChI is InChI=1S/C15H17BrN2O/c1-14-6-17-8-15(13(14)19,9-18(7-14)10-17)11-3-2-4-12(16)5-11/h2-5H,6-10H2,1H3. The van der Waals surface area contributed by atoms with Crippen molar-refractivity contribution >= 4 is 21.7 Å². The SMILES string of the molecule is CC12CN3CN(C1)CC(c1cccc(Br)c1)(C3)C2=O. The molecule has 100 valence electrons. The summed E-state index contributed by atoms with van der Waals surface area (Å²) in [6, 6.07) is 8.30. The summed E-state index contributed by atoms with van der Waals surface area (Å²) in [4.78, 5) is 17.9. The lowest BCUT2D eigenvalue weighted by molar-refractivity contribution is -0.168. The lowest BCUT2D eigenvalue weighted by atomic mass is 9.59. The number of hydrogen-bond acceptors (Lipinski definition) is 3. The van der Waals surface area contributed by atoms with Gasteiger partial charge in [0.05, 0.1) is 17.5 Å². The van der Waals surface area contributed by atoms with Crippen LogP contribution in [0.3, 0.4) is 0 Å². The van der Waals surface area contributed by atoms with Crippen molar-refractivity contribution in [1.29, 1.82) is 0 Å².